The second-order valence-corrected chi connectivity index (χ2v) is 4.79. The van der Waals surface area contributed by atoms with Crippen LogP contribution in [0.2, 0.25) is 0 Å². The Morgan fingerprint density at radius 1 is 1.42 bits per heavy atom. The van der Waals surface area contributed by atoms with E-state index >= 15 is 0 Å². The monoisotopic (exact) mass is 260 g/mol. The minimum absolute atomic E-state index is 0.0976. The number of ether oxygens (including phenoxy) is 1. The molecule has 0 aromatic heterocycles. The average Bonchev–Trinajstić information content (AvgIpc) is 2.38. The first kappa shape index (κ1) is 15.2. The summed E-state index contributed by atoms with van der Waals surface area (Å²) in [7, 11) is 0. The summed E-state index contributed by atoms with van der Waals surface area (Å²) in [5, 5.41) is 11.5. The van der Waals surface area contributed by atoms with Crippen molar-refractivity contribution in [2.24, 2.45) is 5.92 Å². The van der Waals surface area contributed by atoms with E-state index in [-0.39, 0.29) is 5.91 Å². The molecule has 0 atom stereocenters. The van der Waals surface area contributed by atoms with E-state index in [1.165, 1.54) is 0 Å². The number of nitriles is 1. The number of benzene rings is 1. The summed E-state index contributed by atoms with van der Waals surface area (Å²) in [4.78, 5) is 11.6. The van der Waals surface area contributed by atoms with Crippen LogP contribution in [0.1, 0.15) is 32.3 Å². The van der Waals surface area contributed by atoms with Gasteiger partial charge in [0.2, 0.25) is 5.91 Å². The third kappa shape index (κ3) is 6.58. The molecular weight excluding hydrogens is 240 g/mol. The zero-order valence-corrected chi connectivity index (χ0v) is 11.5. The summed E-state index contributed by atoms with van der Waals surface area (Å²) in [6.45, 7) is 5.39. The predicted molar refractivity (Wildman–Crippen MR) is 74.7 cm³/mol. The highest BCUT2D eigenvalue weighted by molar-refractivity contribution is 5.90. The van der Waals surface area contributed by atoms with E-state index in [0.717, 1.165) is 6.42 Å². The quantitative estimate of drug-likeness (QED) is 0.767. The Morgan fingerprint density at radius 2 is 2.21 bits per heavy atom. The van der Waals surface area contributed by atoms with Gasteiger partial charge < -0.3 is 10.1 Å². The number of rotatable bonds is 7. The van der Waals surface area contributed by atoms with Crippen LogP contribution in [-0.4, -0.2) is 19.1 Å². The van der Waals surface area contributed by atoms with Gasteiger partial charge in [0, 0.05) is 12.3 Å². The fourth-order valence-electron chi connectivity index (χ4n) is 1.48. The van der Waals surface area contributed by atoms with E-state index in [0.29, 0.717) is 36.8 Å². The molecule has 1 amide bonds. The van der Waals surface area contributed by atoms with E-state index in [1.54, 1.807) is 24.3 Å². The van der Waals surface area contributed by atoms with E-state index in [2.05, 4.69) is 19.2 Å². The Labute approximate surface area is 114 Å². The van der Waals surface area contributed by atoms with Crippen LogP contribution in [0.3, 0.4) is 0 Å². The van der Waals surface area contributed by atoms with Crippen molar-refractivity contribution in [2.75, 3.05) is 18.5 Å². The lowest BCUT2D eigenvalue weighted by Crippen LogP contribution is -2.14. The van der Waals surface area contributed by atoms with Gasteiger partial charge in [-0.2, -0.15) is 5.26 Å². The summed E-state index contributed by atoms with van der Waals surface area (Å²) in [5.41, 5.74) is 1.18. The van der Waals surface area contributed by atoms with Crippen LogP contribution in [0.15, 0.2) is 24.3 Å². The largest absolute Gasteiger partial charge is 0.381 e. The molecule has 1 aromatic carbocycles. The number of carbonyl (C=O) groups excluding carboxylic acids is 1. The van der Waals surface area contributed by atoms with E-state index < -0.39 is 0 Å². The fourth-order valence-corrected chi connectivity index (χ4v) is 1.48. The van der Waals surface area contributed by atoms with Crippen LogP contribution in [0.4, 0.5) is 5.69 Å². The Kier molecular flexibility index (Phi) is 6.62. The molecule has 0 saturated carbocycles. The standard InChI is InChI=1S/C15H20N2O2/c1-12(2)6-8-19-9-7-15(18)17-14-5-3-4-13(10-14)11-16/h3-5,10,12H,6-9H2,1-2H3,(H,17,18). The third-order valence-electron chi connectivity index (χ3n) is 2.59. The second-order valence-electron chi connectivity index (χ2n) is 4.79. The van der Waals surface area contributed by atoms with Crippen molar-refractivity contribution in [1.29, 1.82) is 5.26 Å². The van der Waals surface area contributed by atoms with Gasteiger partial charge in [0.05, 0.1) is 24.7 Å². The Hall–Kier alpha value is -1.86. The van der Waals surface area contributed by atoms with Gasteiger partial charge >= 0.3 is 0 Å². The minimum Gasteiger partial charge on any atom is -0.381 e. The Morgan fingerprint density at radius 3 is 2.89 bits per heavy atom. The molecule has 0 spiro atoms. The Balaban J connectivity index is 2.25. The summed E-state index contributed by atoms with van der Waals surface area (Å²) in [6.07, 6.45) is 1.33. The molecule has 0 heterocycles. The van der Waals surface area contributed by atoms with Crippen LogP contribution < -0.4 is 5.32 Å². The second kappa shape index (κ2) is 8.28. The molecule has 102 valence electrons. The van der Waals surface area contributed by atoms with Gasteiger partial charge in [0.25, 0.3) is 0 Å². The van der Waals surface area contributed by atoms with Crippen LogP contribution in [-0.2, 0) is 9.53 Å². The van der Waals surface area contributed by atoms with Crippen molar-refractivity contribution >= 4 is 11.6 Å². The molecule has 0 unspecified atom stereocenters. The van der Waals surface area contributed by atoms with Crippen LogP contribution in [0.25, 0.3) is 0 Å². The molecule has 0 aliphatic carbocycles. The lowest BCUT2D eigenvalue weighted by Gasteiger charge is -2.07. The first-order valence-electron chi connectivity index (χ1n) is 6.49. The van der Waals surface area contributed by atoms with Crippen molar-refractivity contribution in [3.8, 4) is 6.07 Å². The molecule has 0 fully saturated rings. The van der Waals surface area contributed by atoms with Crippen LogP contribution >= 0.6 is 0 Å². The van der Waals surface area contributed by atoms with Gasteiger partial charge in [-0.1, -0.05) is 19.9 Å². The van der Waals surface area contributed by atoms with E-state index in [4.69, 9.17) is 10.00 Å². The van der Waals surface area contributed by atoms with Gasteiger partial charge in [-0.25, -0.2) is 0 Å². The van der Waals surface area contributed by atoms with Crippen molar-refractivity contribution < 1.29 is 9.53 Å². The van der Waals surface area contributed by atoms with Crippen molar-refractivity contribution in [3.05, 3.63) is 29.8 Å². The molecule has 1 N–H and O–H groups in total. The van der Waals surface area contributed by atoms with Gasteiger partial charge in [0.1, 0.15) is 0 Å². The molecule has 0 aliphatic rings. The highest BCUT2D eigenvalue weighted by atomic mass is 16.5. The number of hydrogen-bond acceptors (Lipinski definition) is 3. The summed E-state index contributed by atoms with van der Waals surface area (Å²) < 4.78 is 5.38. The highest BCUT2D eigenvalue weighted by Gasteiger charge is 2.03. The highest BCUT2D eigenvalue weighted by Crippen LogP contribution is 2.10. The molecule has 0 radical (unpaired) electrons. The Bertz CT molecular complexity index is 450. The first-order chi connectivity index (χ1) is 9.11. The number of nitrogens with zero attached hydrogens (tertiary/aromatic N) is 1. The molecule has 0 bridgehead atoms. The van der Waals surface area contributed by atoms with Crippen LogP contribution in [0.5, 0.6) is 0 Å². The number of anilines is 1. The number of carbonyl (C=O) groups is 1. The SMILES string of the molecule is CC(C)CCOCCC(=O)Nc1cccc(C#N)c1. The topological polar surface area (TPSA) is 62.1 Å². The van der Waals surface area contributed by atoms with Crippen molar-refractivity contribution in [3.63, 3.8) is 0 Å². The number of nitrogens with one attached hydrogen (secondary N) is 1. The average molecular weight is 260 g/mol. The van der Waals surface area contributed by atoms with Crippen molar-refractivity contribution in [1.82, 2.24) is 0 Å². The van der Waals surface area contributed by atoms with Gasteiger partial charge in [0.15, 0.2) is 0 Å². The minimum atomic E-state index is -0.0976. The first-order valence-corrected chi connectivity index (χ1v) is 6.49. The summed E-state index contributed by atoms with van der Waals surface area (Å²) in [5.74, 6) is 0.516. The predicted octanol–water partition coefficient (Wildman–Crippen LogP) is 2.95. The molecule has 1 aromatic rings. The normalized spacial score (nSPS) is 10.2. The molecule has 0 saturated heterocycles. The zero-order chi connectivity index (χ0) is 14.1. The fraction of sp³-hybridized carbons (Fsp3) is 0.467. The van der Waals surface area contributed by atoms with E-state index in [1.807, 2.05) is 6.07 Å². The zero-order valence-electron chi connectivity index (χ0n) is 11.5. The maximum absolute atomic E-state index is 11.6. The lowest BCUT2D eigenvalue weighted by atomic mass is 10.1. The molecule has 0 aliphatic heterocycles. The summed E-state index contributed by atoms with van der Waals surface area (Å²) >= 11 is 0. The smallest absolute Gasteiger partial charge is 0.226 e. The lowest BCUT2D eigenvalue weighted by molar-refractivity contribution is -0.117. The van der Waals surface area contributed by atoms with Gasteiger partial charge in [-0.3, -0.25) is 4.79 Å². The maximum Gasteiger partial charge on any atom is 0.226 e. The van der Waals surface area contributed by atoms with E-state index in [9.17, 15) is 4.79 Å². The molecule has 1 rings (SSSR count). The third-order valence-corrected chi connectivity index (χ3v) is 2.59. The number of hydrogen-bond donors (Lipinski definition) is 1. The molecule has 19 heavy (non-hydrogen) atoms. The van der Waals surface area contributed by atoms with Gasteiger partial charge in [-0.05, 0) is 30.5 Å². The van der Waals surface area contributed by atoms with Crippen LogP contribution in [0, 0.1) is 17.2 Å². The molecule has 4 nitrogen and oxygen atoms in total. The molecule has 4 heteroatoms. The maximum atomic E-state index is 11.6. The number of amides is 1. The van der Waals surface area contributed by atoms with Crippen molar-refractivity contribution in [2.45, 2.75) is 26.7 Å². The molecular formula is C15H20N2O2. The summed E-state index contributed by atoms with van der Waals surface area (Å²) in [6, 6.07) is 8.89. The van der Waals surface area contributed by atoms with Gasteiger partial charge in [-0.15, -0.1) is 0 Å².